The molecule has 2 rings (SSSR count). The number of alkyl halides is 1. The van der Waals surface area contributed by atoms with Gasteiger partial charge in [-0.05, 0) is 80.0 Å². The molecule has 0 aliphatic heterocycles. The Hall–Kier alpha value is -0.450. The summed E-state index contributed by atoms with van der Waals surface area (Å²) in [6.07, 6.45) is 10.00. The van der Waals surface area contributed by atoms with Gasteiger partial charge in [0.2, 0.25) is 0 Å². The highest BCUT2D eigenvalue weighted by molar-refractivity contribution is 14.1. The number of aryl methyl sites for hydroxylation is 2. The van der Waals surface area contributed by atoms with Gasteiger partial charge in [-0.15, -0.1) is 0 Å². The number of hydrogen-bond acceptors (Lipinski definition) is 2. The van der Waals surface area contributed by atoms with Gasteiger partial charge in [-0.2, -0.15) is 0 Å². The van der Waals surface area contributed by atoms with Gasteiger partial charge in [0, 0.05) is 3.42 Å². The van der Waals surface area contributed by atoms with Gasteiger partial charge in [-0.25, -0.2) is 0 Å². The highest BCUT2D eigenvalue weighted by Crippen LogP contribution is 2.49. The van der Waals surface area contributed by atoms with Crippen molar-refractivity contribution in [1.29, 1.82) is 0 Å². The van der Waals surface area contributed by atoms with E-state index < -0.39 is 0 Å². The molecular weight excluding hydrogens is 399 g/mol. The maximum absolute atomic E-state index is 10.3. The molecule has 0 radical (unpaired) electrons. The Bertz CT molecular complexity index is 533. The second-order valence-electron chi connectivity index (χ2n) is 7.99. The molecule has 1 aliphatic carbocycles. The van der Waals surface area contributed by atoms with Crippen molar-refractivity contribution in [2.45, 2.75) is 82.0 Å². The molecule has 0 unspecified atom stereocenters. The van der Waals surface area contributed by atoms with Gasteiger partial charge in [0.05, 0.1) is 0 Å². The van der Waals surface area contributed by atoms with Crippen molar-refractivity contribution in [1.82, 2.24) is 0 Å². The smallest absolute Gasteiger partial charge is 0.119 e. The van der Waals surface area contributed by atoms with Crippen LogP contribution in [0.2, 0.25) is 0 Å². The third-order valence-corrected chi connectivity index (χ3v) is 7.02. The summed E-state index contributed by atoms with van der Waals surface area (Å²) < 4.78 is 0.529. The summed E-state index contributed by atoms with van der Waals surface area (Å²) in [5, 5.41) is 20.5. The van der Waals surface area contributed by atoms with Crippen LogP contribution in [0.1, 0.15) is 76.8 Å². The zero-order chi connectivity index (χ0) is 17.1. The van der Waals surface area contributed by atoms with Crippen LogP contribution in [0.4, 0.5) is 0 Å². The molecule has 0 aromatic heterocycles. The molecule has 2 N–H and O–H groups in total. The minimum atomic E-state index is 0.350. The van der Waals surface area contributed by atoms with E-state index >= 15 is 0 Å². The summed E-state index contributed by atoms with van der Waals surface area (Å²) >= 11 is 2.56. The first-order chi connectivity index (χ1) is 10.7. The Balaban J connectivity index is 1.88. The van der Waals surface area contributed by atoms with Crippen LogP contribution < -0.4 is 0 Å². The van der Waals surface area contributed by atoms with Gasteiger partial charge in [-0.3, -0.25) is 0 Å². The first-order valence-electron chi connectivity index (χ1n) is 8.97. The summed E-state index contributed by atoms with van der Waals surface area (Å²) in [4.78, 5) is 0. The van der Waals surface area contributed by atoms with Crippen molar-refractivity contribution < 1.29 is 10.2 Å². The first-order valence-corrected chi connectivity index (χ1v) is 10.1. The second kappa shape index (κ2) is 7.62. The summed E-state index contributed by atoms with van der Waals surface area (Å²) in [6.45, 7) is 6.79. The normalized spacial score (nSPS) is 16.5. The molecule has 0 heterocycles. The van der Waals surface area contributed by atoms with E-state index in [9.17, 15) is 10.2 Å². The van der Waals surface area contributed by atoms with Gasteiger partial charge >= 0.3 is 0 Å². The molecule has 2 nitrogen and oxygen atoms in total. The van der Waals surface area contributed by atoms with Crippen LogP contribution in [0.15, 0.2) is 12.1 Å². The molecule has 1 fully saturated rings. The molecule has 23 heavy (non-hydrogen) atoms. The Labute approximate surface area is 154 Å². The number of rotatable bonds is 9. The molecule has 0 saturated heterocycles. The minimum absolute atomic E-state index is 0.350. The Morgan fingerprint density at radius 3 is 2.04 bits per heavy atom. The van der Waals surface area contributed by atoms with Crippen molar-refractivity contribution in [2.75, 3.05) is 0 Å². The lowest BCUT2D eigenvalue weighted by atomic mass is 9.84. The van der Waals surface area contributed by atoms with Crippen LogP contribution in [-0.2, 0) is 12.8 Å². The Morgan fingerprint density at radius 1 is 1.04 bits per heavy atom. The molecule has 1 saturated carbocycles. The summed E-state index contributed by atoms with van der Waals surface area (Å²) in [5.74, 6) is 0.702. The van der Waals surface area contributed by atoms with Gasteiger partial charge < -0.3 is 10.2 Å². The number of phenols is 2. The van der Waals surface area contributed by atoms with E-state index in [-0.39, 0.29) is 0 Å². The van der Waals surface area contributed by atoms with Crippen molar-refractivity contribution in [2.24, 2.45) is 5.41 Å². The van der Waals surface area contributed by atoms with Crippen LogP contribution in [0.25, 0.3) is 0 Å². The molecular formula is C20H31IO2. The topological polar surface area (TPSA) is 40.5 Å². The van der Waals surface area contributed by atoms with Crippen LogP contribution in [-0.4, -0.2) is 13.6 Å². The minimum Gasteiger partial charge on any atom is -0.508 e. The molecule has 0 bridgehead atoms. The van der Waals surface area contributed by atoms with Gasteiger partial charge in [0.1, 0.15) is 11.5 Å². The average Bonchev–Trinajstić information content (AvgIpc) is 3.21. The largest absolute Gasteiger partial charge is 0.508 e. The van der Waals surface area contributed by atoms with Crippen LogP contribution >= 0.6 is 22.6 Å². The van der Waals surface area contributed by atoms with E-state index in [0.717, 1.165) is 43.2 Å². The fraction of sp³-hybridized carbons (Fsp3) is 0.700. The highest BCUT2D eigenvalue weighted by Gasteiger charge is 2.38. The molecule has 1 aliphatic rings. The lowest BCUT2D eigenvalue weighted by Crippen LogP contribution is -2.09. The first kappa shape index (κ1) is 18.9. The predicted molar refractivity (Wildman–Crippen MR) is 106 cm³/mol. The fourth-order valence-electron chi connectivity index (χ4n) is 2.98. The maximum atomic E-state index is 10.3. The standard InChI is InChI=1S/C20H31IO2/c1-4-19(2,3)9-5-7-15-13-18(23)16(14-17(15)22)8-6-10-20(21)11-12-20/h13-14,22-23H,4-12H2,1-3H3. The molecule has 1 aromatic rings. The zero-order valence-corrected chi connectivity index (χ0v) is 16.9. The third kappa shape index (κ3) is 5.84. The van der Waals surface area contributed by atoms with Crippen molar-refractivity contribution in [3.8, 4) is 11.5 Å². The predicted octanol–water partition coefficient (Wildman–Crippen LogP) is 6.15. The zero-order valence-electron chi connectivity index (χ0n) is 14.8. The van der Waals surface area contributed by atoms with E-state index in [1.807, 2.05) is 0 Å². The summed E-state index contributed by atoms with van der Waals surface area (Å²) in [5.41, 5.74) is 2.13. The van der Waals surface area contributed by atoms with E-state index in [1.165, 1.54) is 25.7 Å². The molecule has 1 aromatic carbocycles. The van der Waals surface area contributed by atoms with Crippen molar-refractivity contribution >= 4 is 22.6 Å². The molecule has 0 amide bonds. The highest BCUT2D eigenvalue weighted by atomic mass is 127. The number of benzene rings is 1. The Morgan fingerprint density at radius 2 is 1.57 bits per heavy atom. The average molecular weight is 430 g/mol. The van der Waals surface area contributed by atoms with E-state index in [4.69, 9.17) is 0 Å². The van der Waals surface area contributed by atoms with Gasteiger partial charge in [0.15, 0.2) is 0 Å². The van der Waals surface area contributed by atoms with Crippen LogP contribution in [0, 0.1) is 5.41 Å². The van der Waals surface area contributed by atoms with Crippen LogP contribution in [0.5, 0.6) is 11.5 Å². The van der Waals surface area contributed by atoms with E-state index in [0.29, 0.717) is 20.3 Å². The monoisotopic (exact) mass is 430 g/mol. The molecule has 0 atom stereocenters. The number of aromatic hydroxyl groups is 2. The molecule has 3 heteroatoms. The van der Waals surface area contributed by atoms with Gasteiger partial charge in [0.25, 0.3) is 0 Å². The lowest BCUT2D eigenvalue weighted by Gasteiger charge is -2.22. The number of phenolic OH excluding ortho intramolecular Hbond substituents is 2. The molecule has 130 valence electrons. The SMILES string of the molecule is CCC(C)(C)CCCc1cc(O)c(CCCC2(I)CC2)cc1O. The fourth-order valence-corrected chi connectivity index (χ4v) is 3.63. The summed E-state index contributed by atoms with van der Waals surface area (Å²) in [6, 6.07) is 3.56. The maximum Gasteiger partial charge on any atom is 0.119 e. The van der Waals surface area contributed by atoms with E-state index in [2.05, 4.69) is 43.4 Å². The van der Waals surface area contributed by atoms with Crippen molar-refractivity contribution in [3.63, 3.8) is 0 Å². The van der Waals surface area contributed by atoms with Crippen molar-refractivity contribution in [3.05, 3.63) is 23.3 Å². The lowest BCUT2D eigenvalue weighted by molar-refractivity contribution is 0.312. The quantitative estimate of drug-likeness (QED) is 0.280. The summed E-state index contributed by atoms with van der Waals surface area (Å²) in [7, 11) is 0. The molecule has 0 spiro atoms. The van der Waals surface area contributed by atoms with Crippen LogP contribution in [0.3, 0.4) is 0 Å². The van der Waals surface area contributed by atoms with Gasteiger partial charge in [-0.1, -0.05) is 49.8 Å². The number of halogens is 1. The Kier molecular flexibility index (Phi) is 6.26. The third-order valence-electron chi connectivity index (χ3n) is 5.40. The second-order valence-corrected chi connectivity index (χ2v) is 10.3. The van der Waals surface area contributed by atoms with E-state index in [1.54, 1.807) is 12.1 Å². The number of hydrogen-bond donors (Lipinski definition) is 2.